The van der Waals surface area contributed by atoms with Crippen LogP contribution in [-0.2, 0) is 20.7 Å². The van der Waals surface area contributed by atoms with Gasteiger partial charge >= 0.3 is 6.09 Å². The Kier molecular flexibility index (Phi) is 6.51. The topological polar surface area (TPSA) is 120 Å². The summed E-state index contributed by atoms with van der Waals surface area (Å²) in [6, 6.07) is 9.92. The number of fused-ring (bicyclic) bond motifs is 3. The van der Waals surface area contributed by atoms with Gasteiger partial charge in [-0.15, -0.1) is 11.3 Å². The number of likely N-dealkylation sites (N-methyl/N-ethyl adjacent to an activating group) is 1. The number of ether oxygens (including phenoxy) is 1. The second-order valence-electron chi connectivity index (χ2n) is 11.1. The minimum atomic E-state index is -0.755. The van der Waals surface area contributed by atoms with Gasteiger partial charge in [-0.25, -0.2) is 4.79 Å². The summed E-state index contributed by atoms with van der Waals surface area (Å²) in [5.74, 6) is -1.30. The van der Waals surface area contributed by atoms with Crippen molar-refractivity contribution < 1.29 is 23.9 Å². The molecule has 198 valence electrons. The zero-order valence-electron chi connectivity index (χ0n) is 21.8. The van der Waals surface area contributed by atoms with E-state index in [1.165, 1.54) is 16.2 Å². The van der Waals surface area contributed by atoms with Gasteiger partial charge < -0.3 is 15.0 Å². The number of benzene rings is 1. The molecule has 1 aromatic carbocycles. The second-order valence-corrected chi connectivity index (χ2v) is 12.3. The first-order chi connectivity index (χ1) is 18.0. The number of nitrogens with one attached hydrogen (secondary N) is 1. The van der Waals surface area contributed by atoms with Gasteiger partial charge in [0.15, 0.2) is 0 Å². The Hall–Kier alpha value is -3.71. The van der Waals surface area contributed by atoms with Crippen LogP contribution in [0.3, 0.4) is 0 Å². The number of amides is 3. The first kappa shape index (κ1) is 25.9. The fraction of sp³-hybridized carbons (Fsp3) is 0.464. The minimum absolute atomic E-state index is 0.0112. The number of nitriles is 1. The van der Waals surface area contributed by atoms with Gasteiger partial charge in [-0.05, 0) is 75.8 Å². The number of hydrogen-bond donors (Lipinski definition) is 1. The van der Waals surface area contributed by atoms with Gasteiger partial charge in [-0.2, -0.15) is 5.26 Å². The van der Waals surface area contributed by atoms with Gasteiger partial charge in [0.25, 0.3) is 11.7 Å². The molecule has 9 nitrogen and oxygen atoms in total. The lowest BCUT2D eigenvalue weighted by atomic mass is 9.97. The van der Waals surface area contributed by atoms with E-state index >= 15 is 0 Å². The van der Waals surface area contributed by atoms with Crippen LogP contribution in [0.1, 0.15) is 55.3 Å². The molecule has 1 N–H and O–H groups in total. The van der Waals surface area contributed by atoms with Crippen LogP contribution < -0.4 is 10.2 Å². The number of ketones is 1. The van der Waals surface area contributed by atoms with Crippen molar-refractivity contribution >= 4 is 40.7 Å². The molecule has 2 aromatic rings. The molecule has 5 rings (SSSR count). The molecule has 3 heterocycles. The number of carbonyl (C=O) groups excluding carboxylic acids is 4. The Morgan fingerprint density at radius 2 is 1.97 bits per heavy atom. The smallest absolute Gasteiger partial charge is 0.411 e. The molecular formula is C28H30N4O5S. The van der Waals surface area contributed by atoms with E-state index in [1.807, 2.05) is 24.3 Å². The second kappa shape index (κ2) is 9.55. The van der Waals surface area contributed by atoms with Crippen LogP contribution in [0.2, 0.25) is 0 Å². The van der Waals surface area contributed by atoms with Gasteiger partial charge in [0, 0.05) is 29.3 Å². The van der Waals surface area contributed by atoms with Crippen LogP contribution in [0.25, 0.3) is 10.4 Å². The molecule has 2 bridgehead atoms. The predicted octanol–water partition coefficient (Wildman–Crippen LogP) is 3.91. The maximum atomic E-state index is 13.3. The van der Waals surface area contributed by atoms with Gasteiger partial charge in [0.05, 0.1) is 17.3 Å². The predicted molar refractivity (Wildman–Crippen MR) is 142 cm³/mol. The van der Waals surface area contributed by atoms with Crippen LogP contribution >= 0.6 is 11.3 Å². The van der Waals surface area contributed by atoms with Gasteiger partial charge in [0.2, 0.25) is 5.91 Å². The molecule has 3 amide bonds. The zero-order valence-corrected chi connectivity index (χ0v) is 22.6. The van der Waals surface area contributed by atoms with Crippen molar-refractivity contribution in [3.05, 3.63) is 40.8 Å². The third-order valence-corrected chi connectivity index (χ3v) is 8.54. The van der Waals surface area contributed by atoms with Crippen LogP contribution in [0, 0.1) is 17.2 Å². The van der Waals surface area contributed by atoms with E-state index in [4.69, 9.17) is 4.74 Å². The first-order valence-corrected chi connectivity index (χ1v) is 13.6. The molecule has 0 spiro atoms. The van der Waals surface area contributed by atoms with Crippen LogP contribution in [0.4, 0.5) is 10.5 Å². The van der Waals surface area contributed by atoms with Crippen molar-refractivity contribution in [2.45, 2.75) is 70.2 Å². The Bertz CT molecular complexity index is 1370. The summed E-state index contributed by atoms with van der Waals surface area (Å²) in [5, 5.41) is 12.7. The fourth-order valence-electron chi connectivity index (χ4n) is 5.66. The molecule has 2 aliphatic heterocycles. The highest BCUT2D eigenvalue weighted by atomic mass is 32.1. The lowest BCUT2D eigenvalue weighted by molar-refractivity contribution is -0.128. The molecule has 4 unspecified atom stereocenters. The average molecular weight is 535 g/mol. The molecule has 3 aliphatic rings. The van der Waals surface area contributed by atoms with Crippen molar-refractivity contribution in [1.29, 1.82) is 5.26 Å². The zero-order chi connectivity index (χ0) is 27.4. The van der Waals surface area contributed by atoms with Gasteiger partial charge in [-0.3, -0.25) is 19.3 Å². The number of nitrogens with zero attached hydrogens (tertiary/aromatic N) is 3. The molecule has 1 aliphatic carbocycles. The summed E-state index contributed by atoms with van der Waals surface area (Å²) >= 11 is 1.49. The van der Waals surface area contributed by atoms with Gasteiger partial charge in [0.1, 0.15) is 17.7 Å². The van der Waals surface area contributed by atoms with Crippen molar-refractivity contribution in [2.75, 3.05) is 11.9 Å². The number of anilines is 1. The summed E-state index contributed by atoms with van der Waals surface area (Å²) in [5.41, 5.74) is 1.17. The van der Waals surface area contributed by atoms with Crippen molar-refractivity contribution in [3.8, 4) is 16.5 Å². The Morgan fingerprint density at radius 3 is 2.68 bits per heavy atom. The Balaban J connectivity index is 1.27. The number of hydrogen-bond acceptors (Lipinski definition) is 7. The normalized spacial score (nSPS) is 22.9. The third kappa shape index (κ3) is 4.67. The highest BCUT2D eigenvalue weighted by Gasteiger charge is 2.52. The maximum Gasteiger partial charge on any atom is 0.411 e. The molecular weight excluding hydrogens is 504 g/mol. The highest BCUT2D eigenvalue weighted by Crippen LogP contribution is 2.43. The van der Waals surface area contributed by atoms with E-state index in [-0.39, 0.29) is 17.9 Å². The maximum absolute atomic E-state index is 13.3. The molecule has 1 aromatic heterocycles. The van der Waals surface area contributed by atoms with Crippen LogP contribution in [-0.4, -0.2) is 59.4 Å². The number of piperidine rings is 1. The third-order valence-electron chi connectivity index (χ3n) is 7.38. The van der Waals surface area contributed by atoms with Crippen molar-refractivity contribution in [1.82, 2.24) is 10.2 Å². The summed E-state index contributed by atoms with van der Waals surface area (Å²) in [4.78, 5) is 55.1. The average Bonchev–Trinajstić information content (AvgIpc) is 3.64. The lowest BCUT2D eigenvalue weighted by Gasteiger charge is -2.35. The summed E-state index contributed by atoms with van der Waals surface area (Å²) in [6.07, 6.45) is 2.34. The van der Waals surface area contributed by atoms with E-state index in [0.29, 0.717) is 17.7 Å². The number of thiophene rings is 1. The summed E-state index contributed by atoms with van der Waals surface area (Å²) < 4.78 is 5.58. The standard InChI is InChI=1S/C28H30N4O5S/c1-28(2,3)37-27(36)32-18-7-5-16(11-18)23(32)25(34)30-17(14-29)13-19-8-10-22(38-19)15-6-9-20-21(12-15)31(4)26(35)24(20)33/h6,8-10,12,16-18,23H,5,7,11,13H2,1-4H3,(H,30,34). The highest BCUT2D eigenvalue weighted by molar-refractivity contribution is 7.15. The lowest BCUT2D eigenvalue weighted by Crippen LogP contribution is -2.55. The van der Waals surface area contributed by atoms with Crippen molar-refractivity contribution in [3.63, 3.8) is 0 Å². The van der Waals surface area contributed by atoms with Gasteiger partial charge in [-0.1, -0.05) is 6.07 Å². The molecule has 0 radical (unpaired) electrons. The Labute approximate surface area is 225 Å². The largest absolute Gasteiger partial charge is 0.444 e. The van der Waals surface area contributed by atoms with Crippen molar-refractivity contribution in [2.24, 2.45) is 5.92 Å². The molecule has 1 saturated carbocycles. The molecule has 1 saturated heterocycles. The fourth-order valence-corrected chi connectivity index (χ4v) is 6.71. The number of carbonyl (C=O) groups is 4. The van der Waals surface area contributed by atoms with E-state index in [1.54, 1.807) is 38.8 Å². The monoisotopic (exact) mass is 534 g/mol. The number of rotatable bonds is 5. The first-order valence-electron chi connectivity index (χ1n) is 12.7. The Morgan fingerprint density at radius 1 is 1.21 bits per heavy atom. The van der Waals surface area contributed by atoms with E-state index in [0.717, 1.165) is 34.6 Å². The van der Waals surface area contributed by atoms with E-state index in [9.17, 15) is 24.4 Å². The SMILES string of the molecule is CN1C(=O)C(=O)c2ccc(-c3ccc(CC(C#N)NC(=O)C4C5CCC(C5)N4C(=O)OC(C)(C)C)s3)cc21. The van der Waals surface area contributed by atoms with E-state index < -0.39 is 35.5 Å². The van der Waals surface area contributed by atoms with Crippen LogP contribution in [0.5, 0.6) is 0 Å². The molecule has 10 heteroatoms. The quantitative estimate of drug-likeness (QED) is 0.581. The molecule has 38 heavy (non-hydrogen) atoms. The molecule has 4 atom stereocenters. The number of Topliss-reactive ketones (excluding diaryl/α,β-unsaturated/α-hetero) is 1. The minimum Gasteiger partial charge on any atom is -0.444 e. The summed E-state index contributed by atoms with van der Waals surface area (Å²) in [6.45, 7) is 5.40. The van der Waals surface area contributed by atoms with Crippen LogP contribution in [0.15, 0.2) is 30.3 Å². The number of likely N-dealkylation sites (tertiary alicyclic amines) is 1. The molecule has 2 fully saturated rings. The van der Waals surface area contributed by atoms with E-state index in [2.05, 4.69) is 11.4 Å². The summed E-state index contributed by atoms with van der Waals surface area (Å²) in [7, 11) is 1.58.